The van der Waals surface area contributed by atoms with Gasteiger partial charge in [-0.25, -0.2) is 0 Å². The maximum absolute atomic E-state index is 5.42. The zero-order chi connectivity index (χ0) is 8.27. The fraction of sp³-hybridized carbons (Fsp3) is 0.600. The predicted molar refractivity (Wildman–Crippen MR) is 49.4 cm³/mol. The van der Waals surface area contributed by atoms with Gasteiger partial charge in [0.05, 0.1) is 0 Å². The molecule has 1 heteroatoms. The van der Waals surface area contributed by atoms with Crippen molar-refractivity contribution in [2.24, 2.45) is 5.73 Å². The van der Waals surface area contributed by atoms with Crippen molar-refractivity contribution < 1.29 is 0 Å². The van der Waals surface area contributed by atoms with Crippen molar-refractivity contribution in [3.05, 3.63) is 22.8 Å². The summed E-state index contributed by atoms with van der Waals surface area (Å²) in [5, 5.41) is 0. The van der Waals surface area contributed by atoms with Crippen LogP contribution in [0.4, 0.5) is 0 Å². The van der Waals surface area contributed by atoms with Crippen LogP contribution in [-0.2, 0) is 0 Å². The van der Waals surface area contributed by atoms with Crippen molar-refractivity contribution >= 4 is 0 Å². The van der Waals surface area contributed by atoms with Crippen LogP contribution in [0.15, 0.2) is 22.8 Å². The average Bonchev–Trinajstić information content (AvgIpc) is 1.84. The lowest BCUT2D eigenvalue weighted by Crippen LogP contribution is -2.06. The predicted octanol–water partition coefficient (Wildman–Crippen LogP) is 2.39. The minimum Gasteiger partial charge on any atom is -0.330 e. The molecule has 0 unspecified atom stereocenters. The molecule has 1 aliphatic rings. The van der Waals surface area contributed by atoms with Gasteiger partial charge < -0.3 is 5.73 Å². The first-order chi connectivity index (χ1) is 5.25. The first-order valence-corrected chi connectivity index (χ1v) is 4.31. The molecule has 1 fully saturated rings. The number of hydrogen-bond acceptors (Lipinski definition) is 1. The van der Waals surface area contributed by atoms with Crippen LogP contribution in [0.1, 0.15) is 33.1 Å². The highest BCUT2D eigenvalue weighted by molar-refractivity contribution is 5.42. The summed E-state index contributed by atoms with van der Waals surface area (Å²) in [6, 6.07) is 0. The van der Waals surface area contributed by atoms with Crippen LogP contribution >= 0.6 is 0 Å². The summed E-state index contributed by atoms with van der Waals surface area (Å²) in [6.45, 7) is 5.15. The van der Waals surface area contributed by atoms with E-state index in [-0.39, 0.29) is 0 Å². The molecule has 0 atom stereocenters. The Hall–Kier alpha value is -0.560. The topological polar surface area (TPSA) is 26.0 Å². The third-order valence-electron chi connectivity index (χ3n) is 2.19. The van der Waals surface area contributed by atoms with E-state index in [1.54, 1.807) is 5.57 Å². The van der Waals surface area contributed by atoms with E-state index in [0.29, 0.717) is 0 Å². The molecule has 0 amide bonds. The van der Waals surface area contributed by atoms with E-state index in [2.05, 4.69) is 19.9 Å². The van der Waals surface area contributed by atoms with E-state index in [0.717, 1.165) is 13.0 Å². The Morgan fingerprint density at radius 2 is 2.18 bits per heavy atom. The van der Waals surface area contributed by atoms with Gasteiger partial charge in [0, 0.05) is 0 Å². The van der Waals surface area contributed by atoms with Gasteiger partial charge in [-0.05, 0) is 50.8 Å². The molecule has 0 aromatic heterocycles. The number of rotatable bonds is 2. The molecule has 1 rings (SSSR count). The maximum Gasteiger partial charge on any atom is -0.00424 e. The van der Waals surface area contributed by atoms with Crippen LogP contribution in [0.25, 0.3) is 0 Å². The zero-order valence-corrected chi connectivity index (χ0v) is 7.48. The monoisotopic (exact) mass is 151 g/mol. The quantitative estimate of drug-likeness (QED) is 0.644. The fourth-order valence-electron chi connectivity index (χ4n) is 1.45. The Bertz CT molecular complexity index is 195. The van der Waals surface area contributed by atoms with Gasteiger partial charge in [-0.3, -0.25) is 0 Å². The van der Waals surface area contributed by atoms with Crippen LogP contribution in [0, 0.1) is 0 Å². The Labute approximate surface area is 69.0 Å². The second-order valence-electron chi connectivity index (χ2n) is 3.29. The minimum absolute atomic E-state index is 0.777. The standard InChI is InChI=1S/C10H17N/c1-8(2)10-6-5-9(10)4-3-7-11/h4H,3,5-7,11H2,1-2H3/b9-4-. The van der Waals surface area contributed by atoms with Crippen LogP contribution in [0.2, 0.25) is 0 Å². The van der Waals surface area contributed by atoms with Crippen molar-refractivity contribution in [1.82, 2.24) is 0 Å². The van der Waals surface area contributed by atoms with E-state index in [4.69, 9.17) is 5.73 Å². The zero-order valence-electron chi connectivity index (χ0n) is 7.48. The summed E-state index contributed by atoms with van der Waals surface area (Å²) in [5.74, 6) is 0. The van der Waals surface area contributed by atoms with Crippen molar-refractivity contribution in [1.29, 1.82) is 0 Å². The smallest absolute Gasteiger partial charge is 0.00424 e. The Balaban J connectivity index is 2.56. The molecule has 0 bridgehead atoms. The van der Waals surface area contributed by atoms with Gasteiger partial charge in [0.15, 0.2) is 0 Å². The first kappa shape index (κ1) is 8.54. The van der Waals surface area contributed by atoms with Crippen LogP contribution in [0.3, 0.4) is 0 Å². The molecule has 0 aliphatic heterocycles. The van der Waals surface area contributed by atoms with Gasteiger partial charge in [-0.2, -0.15) is 0 Å². The van der Waals surface area contributed by atoms with Crippen LogP contribution in [0.5, 0.6) is 0 Å². The van der Waals surface area contributed by atoms with Crippen molar-refractivity contribution in [2.45, 2.75) is 33.1 Å². The summed E-state index contributed by atoms with van der Waals surface area (Å²) < 4.78 is 0. The number of nitrogens with two attached hydrogens (primary N) is 1. The van der Waals surface area contributed by atoms with Gasteiger partial charge in [0.25, 0.3) is 0 Å². The molecule has 1 saturated carbocycles. The third kappa shape index (κ3) is 1.93. The highest BCUT2D eigenvalue weighted by Crippen LogP contribution is 2.35. The van der Waals surface area contributed by atoms with Gasteiger partial charge in [-0.1, -0.05) is 11.6 Å². The summed E-state index contributed by atoms with van der Waals surface area (Å²) in [5.41, 5.74) is 9.99. The highest BCUT2D eigenvalue weighted by atomic mass is 14.5. The molecule has 62 valence electrons. The van der Waals surface area contributed by atoms with Gasteiger partial charge in [0.1, 0.15) is 0 Å². The average molecular weight is 151 g/mol. The van der Waals surface area contributed by atoms with E-state index in [1.165, 1.54) is 24.0 Å². The molecule has 11 heavy (non-hydrogen) atoms. The van der Waals surface area contributed by atoms with Crippen LogP contribution in [-0.4, -0.2) is 6.54 Å². The van der Waals surface area contributed by atoms with E-state index in [9.17, 15) is 0 Å². The van der Waals surface area contributed by atoms with E-state index < -0.39 is 0 Å². The summed E-state index contributed by atoms with van der Waals surface area (Å²) >= 11 is 0. The Morgan fingerprint density at radius 3 is 2.55 bits per heavy atom. The SMILES string of the molecule is CC(C)=C1CC/C1=C/CCN. The second kappa shape index (κ2) is 3.72. The second-order valence-corrected chi connectivity index (χ2v) is 3.29. The fourth-order valence-corrected chi connectivity index (χ4v) is 1.45. The van der Waals surface area contributed by atoms with Crippen LogP contribution < -0.4 is 5.73 Å². The molecule has 2 N–H and O–H groups in total. The molecule has 0 radical (unpaired) electrons. The largest absolute Gasteiger partial charge is 0.330 e. The molecule has 0 saturated heterocycles. The summed E-state index contributed by atoms with van der Waals surface area (Å²) in [7, 11) is 0. The van der Waals surface area contributed by atoms with E-state index >= 15 is 0 Å². The van der Waals surface area contributed by atoms with Crippen molar-refractivity contribution in [3.63, 3.8) is 0 Å². The minimum atomic E-state index is 0.777. The molecular formula is C10H17N. The number of allylic oxidation sites excluding steroid dienone is 3. The normalized spacial score (nSPS) is 20.3. The molecule has 0 aromatic rings. The van der Waals surface area contributed by atoms with Crippen molar-refractivity contribution in [3.8, 4) is 0 Å². The Morgan fingerprint density at radius 1 is 1.45 bits per heavy atom. The Kier molecular flexibility index (Phi) is 2.89. The molecule has 0 aromatic carbocycles. The first-order valence-electron chi connectivity index (χ1n) is 4.31. The third-order valence-corrected chi connectivity index (χ3v) is 2.19. The molecular weight excluding hydrogens is 134 g/mol. The lowest BCUT2D eigenvalue weighted by Gasteiger charge is -2.23. The summed E-state index contributed by atoms with van der Waals surface area (Å²) in [4.78, 5) is 0. The summed E-state index contributed by atoms with van der Waals surface area (Å²) in [6.07, 6.45) is 5.86. The van der Waals surface area contributed by atoms with E-state index in [1.807, 2.05) is 0 Å². The van der Waals surface area contributed by atoms with Gasteiger partial charge >= 0.3 is 0 Å². The molecule has 0 spiro atoms. The molecule has 1 aliphatic carbocycles. The maximum atomic E-state index is 5.42. The van der Waals surface area contributed by atoms with Gasteiger partial charge in [0.2, 0.25) is 0 Å². The lowest BCUT2D eigenvalue weighted by molar-refractivity contribution is 0.794. The lowest BCUT2D eigenvalue weighted by atomic mass is 9.82. The molecule has 1 nitrogen and oxygen atoms in total. The number of hydrogen-bond donors (Lipinski definition) is 1. The van der Waals surface area contributed by atoms with Crippen molar-refractivity contribution in [2.75, 3.05) is 6.54 Å². The highest BCUT2D eigenvalue weighted by Gasteiger charge is 2.16. The van der Waals surface area contributed by atoms with Gasteiger partial charge in [-0.15, -0.1) is 0 Å². The molecule has 0 heterocycles.